The van der Waals surface area contributed by atoms with E-state index in [0.717, 1.165) is 46.5 Å². The average Bonchev–Trinajstić information content (AvgIpc) is 2.72. The van der Waals surface area contributed by atoms with Crippen molar-refractivity contribution in [2.75, 3.05) is 36.5 Å². The number of aliphatic imine (C=N–C) groups is 1. The highest BCUT2D eigenvalue weighted by Gasteiger charge is 2.45. The summed E-state index contributed by atoms with van der Waals surface area (Å²) in [6.07, 6.45) is 7.50. The number of hydrogen-bond donors (Lipinski definition) is 1. The number of halogens is 1. The normalized spacial score (nSPS) is 19.2. The number of rotatable bonds is 4. The van der Waals surface area contributed by atoms with E-state index in [1.807, 2.05) is 48.5 Å². The molecule has 2 heterocycles. The molecule has 1 aromatic heterocycles. The molecule has 6 nitrogen and oxygen atoms in total. The van der Waals surface area contributed by atoms with Crippen LogP contribution in [0, 0.1) is 0 Å². The summed E-state index contributed by atoms with van der Waals surface area (Å²) in [5, 5.41) is 6.41. The molecule has 1 fully saturated rings. The number of amidine groups is 1. The van der Waals surface area contributed by atoms with E-state index in [9.17, 15) is 0 Å². The average molecular weight is 414 g/mol. The highest BCUT2D eigenvalue weighted by atomic mass is 35.5. The molecule has 29 heavy (non-hydrogen) atoms. The second-order valence-corrected chi connectivity index (χ2v) is 8.40. The Labute approximate surface area is 177 Å². The van der Waals surface area contributed by atoms with Gasteiger partial charge in [-0.05, 0) is 30.5 Å². The first-order valence-corrected chi connectivity index (χ1v) is 10.5. The molecule has 0 radical (unpaired) electrons. The summed E-state index contributed by atoms with van der Waals surface area (Å²) in [6, 6.07) is 9.95. The van der Waals surface area contributed by atoms with E-state index in [1.165, 1.54) is 19.3 Å². The molecule has 154 valence electrons. The van der Waals surface area contributed by atoms with Crippen molar-refractivity contribution >= 4 is 34.6 Å². The highest BCUT2D eigenvalue weighted by Crippen LogP contribution is 2.43. The zero-order chi connectivity index (χ0) is 20.4. The third-order valence-corrected chi connectivity index (χ3v) is 5.97. The van der Waals surface area contributed by atoms with Gasteiger partial charge in [-0.25, -0.2) is 10.0 Å². The van der Waals surface area contributed by atoms with Crippen LogP contribution in [-0.4, -0.2) is 37.6 Å². The van der Waals surface area contributed by atoms with Gasteiger partial charge in [0.25, 0.3) is 0 Å². The Kier molecular flexibility index (Phi) is 5.65. The van der Waals surface area contributed by atoms with Gasteiger partial charge in [0.2, 0.25) is 0 Å². The summed E-state index contributed by atoms with van der Waals surface area (Å²) in [4.78, 5) is 17.5. The lowest BCUT2D eigenvalue weighted by Gasteiger charge is -2.47. The minimum atomic E-state index is -0.231. The number of hydroxylamine groups is 1. The van der Waals surface area contributed by atoms with E-state index >= 15 is 0 Å². The summed E-state index contributed by atoms with van der Waals surface area (Å²) in [5.74, 6) is 1.84. The topological polar surface area (TPSA) is 53.0 Å². The first-order chi connectivity index (χ1) is 14.0. The van der Waals surface area contributed by atoms with Crippen molar-refractivity contribution < 1.29 is 4.84 Å². The summed E-state index contributed by atoms with van der Waals surface area (Å²) in [7, 11) is 5.69. The van der Waals surface area contributed by atoms with Gasteiger partial charge in [0, 0.05) is 25.2 Å². The van der Waals surface area contributed by atoms with Crippen molar-refractivity contribution in [2.24, 2.45) is 4.99 Å². The maximum atomic E-state index is 6.16. The minimum Gasteiger partial charge on any atom is -0.371 e. The largest absolute Gasteiger partial charge is 0.371 e. The summed E-state index contributed by atoms with van der Waals surface area (Å²) in [6.45, 7) is 0.553. The molecule has 1 N–H and O–H groups in total. The maximum absolute atomic E-state index is 6.16. The van der Waals surface area contributed by atoms with Gasteiger partial charge in [-0.2, -0.15) is 0 Å². The summed E-state index contributed by atoms with van der Waals surface area (Å²) in [5.41, 5.74) is 2.78. The summed E-state index contributed by atoms with van der Waals surface area (Å²) >= 11 is 6.16. The zero-order valence-corrected chi connectivity index (χ0v) is 18.0. The minimum absolute atomic E-state index is 0.231. The molecule has 1 aliphatic carbocycles. The Morgan fingerprint density at radius 2 is 2.03 bits per heavy atom. The molecule has 1 aromatic carbocycles. The number of benzene rings is 1. The molecule has 1 aliphatic heterocycles. The molecule has 2 aliphatic rings. The fraction of sp³-hybridized carbons (Fsp3) is 0.455. The number of aromatic nitrogens is 1. The molecular formula is C22H28ClN5O. The number of fused-ring (bicyclic) bond motifs is 1. The number of nitrogens with one attached hydrogen (secondary N) is 1. The lowest BCUT2D eigenvalue weighted by molar-refractivity contribution is 0.198. The van der Waals surface area contributed by atoms with E-state index in [4.69, 9.17) is 21.4 Å². The molecule has 4 rings (SSSR count). The van der Waals surface area contributed by atoms with Crippen LogP contribution in [0.15, 0.2) is 41.5 Å². The highest BCUT2D eigenvalue weighted by molar-refractivity contribution is 6.30. The second kappa shape index (κ2) is 8.20. The molecular weight excluding hydrogens is 386 g/mol. The van der Waals surface area contributed by atoms with Crippen molar-refractivity contribution in [3.63, 3.8) is 0 Å². The third kappa shape index (κ3) is 3.91. The molecule has 0 saturated heterocycles. The molecule has 2 aromatic rings. The van der Waals surface area contributed by atoms with Crippen LogP contribution in [0.25, 0.3) is 0 Å². The van der Waals surface area contributed by atoms with Crippen LogP contribution in [0.1, 0.15) is 37.7 Å². The van der Waals surface area contributed by atoms with Gasteiger partial charge in [-0.1, -0.05) is 43.0 Å². The predicted octanol–water partition coefficient (Wildman–Crippen LogP) is 4.90. The van der Waals surface area contributed by atoms with Gasteiger partial charge >= 0.3 is 0 Å². The lowest BCUT2D eigenvalue weighted by atomic mass is 9.79. The molecule has 0 amide bonds. The Bertz CT molecular complexity index is 908. The van der Waals surface area contributed by atoms with Gasteiger partial charge in [0.15, 0.2) is 5.84 Å². The monoisotopic (exact) mass is 413 g/mol. The molecule has 0 unspecified atom stereocenters. The molecule has 7 heteroatoms. The van der Waals surface area contributed by atoms with Crippen LogP contribution in [0.3, 0.4) is 0 Å². The lowest BCUT2D eigenvalue weighted by Crippen LogP contribution is -2.58. The zero-order valence-electron chi connectivity index (χ0n) is 17.3. The fourth-order valence-electron chi connectivity index (χ4n) is 4.27. The quantitative estimate of drug-likeness (QED) is 0.772. The Hall–Kier alpha value is -2.31. The van der Waals surface area contributed by atoms with Crippen molar-refractivity contribution in [3.8, 4) is 0 Å². The van der Waals surface area contributed by atoms with E-state index in [-0.39, 0.29) is 5.54 Å². The molecule has 1 saturated carbocycles. The van der Waals surface area contributed by atoms with Gasteiger partial charge in [0.05, 0.1) is 31.1 Å². The molecule has 0 atom stereocenters. The van der Waals surface area contributed by atoms with Crippen molar-refractivity contribution in [2.45, 2.75) is 44.2 Å². The Balaban J connectivity index is 1.77. The molecule has 1 spiro atoms. The standard InChI is InChI=1S/C22H28ClN5O/c1-27(2)20-13-18-19(15-24-20)28(29-3)21(22(26-18)10-5-4-6-11-22)25-14-16-8-7-9-17(23)12-16/h7-9,12-13,15,26H,4-6,10-11,14H2,1-3H3. The smallest absolute Gasteiger partial charge is 0.156 e. The number of anilines is 3. The van der Waals surface area contributed by atoms with Gasteiger partial charge in [-0.15, -0.1) is 0 Å². The predicted molar refractivity (Wildman–Crippen MR) is 120 cm³/mol. The van der Waals surface area contributed by atoms with Crippen LogP contribution >= 0.6 is 11.6 Å². The number of pyridine rings is 1. The maximum Gasteiger partial charge on any atom is 0.156 e. The van der Waals surface area contributed by atoms with Gasteiger partial charge in [-0.3, -0.25) is 9.83 Å². The number of hydrogen-bond acceptors (Lipinski definition) is 5. The van der Waals surface area contributed by atoms with Gasteiger partial charge < -0.3 is 10.2 Å². The van der Waals surface area contributed by atoms with Crippen molar-refractivity contribution in [3.05, 3.63) is 47.1 Å². The van der Waals surface area contributed by atoms with Crippen molar-refractivity contribution in [1.29, 1.82) is 0 Å². The first kappa shape index (κ1) is 20.0. The van der Waals surface area contributed by atoms with Gasteiger partial charge in [0.1, 0.15) is 11.5 Å². The van der Waals surface area contributed by atoms with E-state index < -0.39 is 0 Å². The van der Waals surface area contributed by atoms with Crippen LogP contribution < -0.4 is 15.3 Å². The van der Waals surface area contributed by atoms with Crippen molar-refractivity contribution in [1.82, 2.24) is 4.98 Å². The van der Waals surface area contributed by atoms with Crippen LogP contribution in [0.5, 0.6) is 0 Å². The third-order valence-electron chi connectivity index (χ3n) is 5.73. The van der Waals surface area contributed by atoms with Crippen LogP contribution in [0.4, 0.5) is 17.2 Å². The fourth-order valence-corrected chi connectivity index (χ4v) is 4.48. The summed E-state index contributed by atoms with van der Waals surface area (Å²) < 4.78 is 0. The van der Waals surface area contributed by atoms with E-state index in [1.54, 1.807) is 7.11 Å². The van der Waals surface area contributed by atoms with E-state index in [2.05, 4.69) is 22.4 Å². The second-order valence-electron chi connectivity index (χ2n) is 7.97. The first-order valence-electron chi connectivity index (χ1n) is 10.1. The van der Waals surface area contributed by atoms with Crippen LogP contribution in [0.2, 0.25) is 5.02 Å². The SMILES string of the molecule is CON1C(=NCc2cccc(Cl)c2)C2(CCCCC2)Nc2cc(N(C)C)ncc21. The van der Waals surface area contributed by atoms with Crippen LogP contribution in [-0.2, 0) is 11.4 Å². The Morgan fingerprint density at radius 1 is 1.24 bits per heavy atom. The molecule has 0 bridgehead atoms. The Morgan fingerprint density at radius 3 is 2.72 bits per heavy atom. The number of nitrogens with zero attached hydrogens (tertiary/aromatic N) is 4. The van der Waals surface area contributed by atoms with E-state index in [0.29, 0.717) is 6.54 Å².